The average molecular weight is 362 g/mol. The second-order valence-corrected chi connectivity index (χ2v) is 7.97. The molecule has 5 atom stereocenters. The van der Waals surface area contributed by atoms with E-state index in [2.05, 4.69) is 0 Å². The van der Waals surface area contributed by atoms with Crippen molar-refractivity contribution in [1.29, 1.82) is 0 Å². The summed E-state index contributed by atoms with van der Waals surface area (Å²) in [7, 11) is 0. The molecule has 26 heavy (non-hydrogen) atoms. The quantitative estimate of drug-likeness (QED) is 0.613. The van der Waals surface area contributed by atoms with E-state index in [1.165, 1.54) is 0 Å². The van der Waals surface area contributed by atoms with Gasteiger partial charge in [0, 0.05) is 11.1 Å². The van der Waals surface area contributed by atoms with E-state index < -0.39 is 29.4 Å². The van der Waals surface area contributed by atoms with Crippen LogP contribution in [-0.2, 0) is 23.9 Å². The fourth-order valence-electron chi connectivity index (χ4n) is 4.87. The summed E-state index contributed by atoms with van der Waals surface area (Å²) in [5.41, 5.74) is 1.41. The van der Waals surface area contributed by atoms with Crippen molar-refractivity contribution in [3.63, 3.8) is 0 Å². The van der Waals surface area contributed by atoms with Gasteiger partial charge in [-0.25, -0.2) is 9.59 Å². The molecule has 5 unspecified atom stereocenters. The fourth-order valence-corrected chi connectivity index (χ4v) is 4.87. The first-order valence-corrected chi connectivity index (χ1v) is 9.16. The molecule has 0 amide bonds. The van der Waals surface area contributed by atoms with E-state index in [-0.39, 0.29) is 18.0 Å². The third-order valence-electron chi connectivity index (χ3n) is 6.59. The Kier molecular flexibility index (Phi) is 4.71. The molecule has 3 aliphatic rings. The minimum absolute atomic E-state index is 0.119. The highest BCUT2D eigenvalue weighted by atomic mass is 16.6. The molecule has 0 aromatic rings. The molecule has 142 valence electrons. The summed E-state index contributed by atoms with van der Waals surface area (Å²) < 4.78 is 11.0. The van der Waals surface area contributed by atoms with Crippen LogP contribution in [0.2, 0.25) is 0 Å². The number of carboxylic acid groups (broad SMARTS) is 1. The smallest absolute Gasteiger partial charge is 0.334 e. The molecule has 0 spiro atoms. The van der Waals surface area contributed by atoms with E-state index >= 15 is 0 Å². The number of ether oxygens (including phenoxy) is 2. The Morgan fingerprint density at radius 1 is 1.35 bits per heavy atom. The number of carbonyl (C=O) groups excluding carboxylic acids is 2. The lowest BCUT2D eigenvalue weighted by Crippen LogP contribution is -2.54. The van der Waals surface area contributed by atoms with Crippen molar-refractivity contribution in [2.45, 2.75) is 65.6 Å². The maximum absolute atomic E-state index is 12.2. The van der Waals surface area contributed by atoms with Gasteiger partial charge in [0.25, 0.3) is 0 Å². The van der Waals surface area contributed by atoms with E-state index in [1.54, 1.807) is 26.8 Å². The lowest BCUT2D eigenvalue weighted by Gasteiger charge is -2.52. The predicted molar refractivity (Wildman–Crippen MR) is 93.1 cm³/mol. The normalized spacial score (nSPS) is 36.9. The first kappa shape index (κ1) is 18.7. The Morgan fingerprint density at radius 3 is 2.65 bits per heavy atom. The Labute approximate surface area is 153 Å². The molecule has 1 N–H and O–H groups in total. The number of hydrogen-bond donors (Lipinski definition) is 1. The molecule has 0 aromatic carbocycles. The highest BCUT2D eigenvalue weighted by Crippen LogP contribution is 2.57. The van der Waals surface area contributed by atoms with Gasteiger partial charge in [-0.1, -0.05) is 13.0 Å². The lowest BCUT2D eigenvalue weighted by atomic mass is 9.53. The second kappa shape index (κ2) is 6.56. The van der Waals surface area contributed by atoms with Crippen molar-refractivity contribution in [3.8, 4) is 0 Å². The monoisotopic (exact) mass is 362 g/mol. The third-order valence-corrected chi connectivity index (χ3v) is 6.59. The van der Waals surface area contributed by atoms with Crippen molar-refractivity contribution in [1.82, 2.24) is 0 Å². The van der Waals surface area contributed by atoms with Gasteiger partial charge in [-0.05, 0) is 63.4 Å². The SMILES string of the molecule is CC=C(C)C(=O)OC1CCC2CC3OC(=O)C(C)=C3CC2(C)C1C(=O)O. The molecule has 0 saturated heterocycles. The zero-order valence-electron chi connectivity index (χ0n) is 15.7. The van der Waals surface area contributed by atoms with Crippen LogP contribution in [0.25, 0.3) is 0 Å². The molecule has 0 aromatic heterocycles. The first-order chi connectivity index (χ1) is 12.2. The van der Waals surface area contributed by atoms with Crippen LogP contribution in [0.5, 0.6) is 0 Å². The molecule has 6 nitrogen and oxygen atoms in total. The highest BCUT2D eigenvalue weighted by molar-refractivity contribution is 5.92. The number of aliphatic carboxylic acids is 1. The summed E-state index contributed by atoms with van der Waals surface area (Å²) in [6.07, 6.45) is 3.19. The fraction of sp³-hybridized carbons (Fsp3) is 0.650. The van der Waals surface area contributed by atoms with Gasteiger partial charge in [0.15, 0.2) is 0 Å². The lowest BCUT2D eigenvalue weighted by molar-refractivity contribution is -0.176. The molecule has 0 bridgehead atoms. The summed E-state index contributed by atoms with van der Waals surface area (Å²) in [4.78, 5) is 36.3. The maximum atomic E-state index is 12.2. The Hall–Kier alpha value is -2.11. The van der Waals surface area contributed by atoms with Crippen LogP contribution in [0.15, 0.2) is 22.8 Å². The molecular weight excluding hydrogens is 336 g/mol. The number of carbonyl (C=O) groups is 3. The van der Waals surface area contributed by atoms with Crippen LogP contribution >= 0.6 is 0 Å². The highest BCUT2D eigenvalue weighted by Gasteiger charge is 2.58. The number of carboxylic acids is 1. The first-order valence-electron chi connectivity index (χ1n) is 9.16. The molecule has 2 fully saturated rings. The van der Waals surface area contributed by atoms with E-state index in [1.807, 2.05) is 6.92 Å². The zero-order valence-corrected chi connectivity index (χ0v) is 15.7. The molecule has 0 radical (unpaired) electrons. The average Bonchev–Trinajstić information content (AvgIpc) is 2.84. The van der Waals surface area contributed by atoms with Crippen LogP contribution < -0.4 is 0 Å². The Balaban J connectivity index is 1.92. The minimum atomic E-state index is -0.949. The summed E-state index contributed by atoms with van der Waals surface area (Å²) in [5.74, 6) is -2.39. The number of allylic oxidation sites excluding steroid dienone is 1. The summed E-state index contributed by atoms with van der Waals surface area (Å²) in [5, 5.41) is 9.96. The Bertz CT molecular complexity index is 718. The van der Waals surface area contributed by atoms with Gasteiger partial charge in [-0.3, -0.25) is 4.79 Å². The van der Waals surface area contributed by atoms with E-state index in [4.69, 9.17) is 9.47 Å². The second-order valence-electron chi connectivity index (χ2n) is 7.97. The van der Waals surface area contributed by atoms with Gasteiger partial charge in [0.2, 0.25) is 0 Å². The molecule has 2 aliphatic carbocycles. The van der Waals surface area contributed by atoms with Gasteiger partial charge in [-0.15, -0.1) is 0 Å². The zero-order chi connectivity index (χ0) is 19.2. The molecule has 3 rings (SSSR count). The summed E-state index contributed by atoms with van der Waals surface area (Å²) in [6, 6.07) is 0. The summed E-state index contributed by atoms with van der Waals surface area (Å²) in [6.45, 7) is 7.11. The van der Waals surface area contributed by atoms with Crippen molar-refractivity contribution < 1.29 is 29.0 Å². The predicted octanol–water partition coefficient (Wildman–Crippen LogP) is 3.02. The largest absolute Gasteiger partial charge is 0.481 e. The van der Waals surface area contributed by atoms with Gasteiger partial charge < -0.3 is 14.6 Å². The maximum Gasteiger partial charge on any atom is 0.334 e. The van der Waals surface area contributed by atoms with Gasteiger partial charge in [-0.2, -0.15) is 0 Å². The van der Waals surface area contributed by atoms with Crippen LogP contribution in [0.3, 0.4) is 0 Å². The number of hydrogen-bond acceptors (Lipinski definition) is 5. The molecular formula is C20H26O6. The van der Waals surface area contributed by atoms with Crippen LogP contribution in [-0.4, -0.2) is 35.2 Å². The molecule has 2 saturated carbocycles. The standard InChI is InChI=1S/C20H26O6/c1-5-10(2)18(23)25-14-7-6-12-8-15-13(11(3)19(24)26-15)9-20(12,4)16(14)17(21)22/h5,12,14-16H,6-9H2,1-4H3,(H,21,22). The van der Waals surface area contributed by atoms with E-state index in [9.17, 15) is 19.5 Å². The minimum Gasteiger partial charge on any atom is -0.481 e. The third kappa shape index (κ3) is 2.85. The van der Waals surface area contributed by atoms with Crippen LogP contribution in [0.1, 0.15) is 53.4 Å². The van der Waals surface area contributed by atoms with Crippen molar-refractivity contribution in [3.05, 3.63) is 22.8 Å². The number of esters is 2. The number of fused-ring (bicyclic) bond motifs is 2. The molecule has 1 aliphatic heterocycles. The van der Waals surface area contributed by atoms with Crippen LogP contribution in [0.4, 0.5) is 0 Å². The topological polar surface area (TPSA) is 89.9 Å². The summed E-state index contributed by atoms with van der Waals surface area (Å²) >= 11 is 0. The molecule has 6 heteroatoms. The van der Waals surface area contributed by atoms with E-state index in [0.717, 1.165) is 12.0 Å². The van der Waals surface area contributed by atoms with Gasteiger partial charge >= 0.3 is 17.9 Å². The Morgan fingerprint density at radius 2 is 2.04 bits per heavy atom. The van der Waals surface area contributed by atoms with E-state index in [0.29, 0.717) is 30.4 Å². The van der Waals surface area contributed by atoms with Gasteiger partial charge in [0.05, 0.1) is 5.92 Å². The van der Waals surface area contributed by atoms with Crippen LogP contribution in [0, 0.1) is 17.3 Å². The molecule has 1 heterocycles. The van der Waals surface area contributed by atoms with Gasteiger partial charge in [0.1, 0.15) is 12.2 Å². The number of rotatable bonds is 3. The van der Waals surface area contributed by atoms with Crippen molar-refractivity contribution >= 4 is 17.9 Å². The van der Waals surface area contributed by atoms with Crippen molar-refractivity contribution in [2.24, 2.45) is 17.3 Å². The van der Waals surface area contributed by atoms with Crippen molar-refractivity contribution in [2.75, 3.05) is 0 Å².